The van der Waals surface area contributed by atoms with E-state index in [4.69, 9.17) is 10.9 Å². The zero-order valence-corrected chi connectivity index (χ0v) is 9.89. The van der Waals surface area contributed by atoms with E-state index in [1.165, 1.54) is 6.20 Å². The summed E-state index contributed by atoms with van der Waals surface area (Å²) >= 11 is 0. The Kier molecular flexibility index (Phi) is 3.60. The number of oxime groups is 1. The molecule has 0 aliphatic rings. The summed E-state index contributed by atoms with van der Waals surface area (Å²) in [4.78, 5) is 11.8. The molecule has 0 radical (unpaired) electrons. The molecule has 1 amide bonds. The highest BCUT2D eigenvalue weighted by atomic mass is 19.1. The maximum Gasteiger partial charge on any atom is 0.257 e. The molecule has 0 atom stereocenters. The maximum atomic E-state index is 13.0. The van der Waals surface area contributed by atoms with Gasteiger partial charge in [0.25, 0.3) is 5.91 Å². The van der Waals surface area contributed by atoms with Crippen LogP contribution in [0.25, 0.3) is 0 Å². The Morgan fingerprint density at radius 3 is 2.60 bits per heavy atom. The van der Waals surface area contributed by atoms with E-state index in [9.17, 15) is 13.6 Å². The lowest BCUT2D eigenvalue weighted by molar-refractivity contribution is 0.102. The van der Waals surface area contributed by atoms with Crippen molar-refractivity contribution in [3.8, 4) is 0 Å². The van der Waals surface area contributed by atoms with Gasteiger partial charge in [-0.3, -0.25) is 9.89 Å². The van der Waals surface area contributed by atoms with Crippen LogP contribution in [0.2, 0.25) is 0 Å². The van der Waals surface area contributed by atoms with Crippen LogP contribution < -0.4 is 11.1 Å². The van der Waals surface area contributed by atoms with Gasteiger partial charge in [0.1, 0.15) is 17.5 Å². The van der Waals surface area contributed by atoms with Crippen molar-refractivity contribution in [3.63, 3.8) is 0 Å². The molecule has 0 fully saturated rings. The van der Waals surface area contributed by atoms with Crippen molar-refractivity contribution in [2.24, 2.45) is 10.9 Å². The number of nitrogens with two attached hydrogens (primary N) is 1. The molecule has 1 heterocycles. The average Bonchev–Trinajstić information content (AvgIpc) is 2.84. The number of aromatic nitrogens is 2. The number of benzene rings is 1. The predicted octanol–water partition coefficient (Wildman–Crippen LogP) is 1.03. The van der Waals surface area contributed by atoms with E-state index in [-0.39, 0.29) is 22.8 Å². The Bertz CT molecular complexity index is 663. The first kappa shape index (κ1) is 13.5. The van der Waals surface area contributed by atoms with Crippen LogP contribution in [0, 0.1) is 11.6 Å². The minimum absolute atomic E-state index is 0.0370. The van der Waals surface area contributed by atoms with Gasteiger partial charge in [0, 0.05) is 11.6 Å². The zero-order chi connectivity index (χ0) is 14.7. The van der Waals surface area contributed by atoms with Crippen LogP contribution in [-0.2, 0) is 0 Å². The van der Waals surface area contributed by atoms with Crippen LogP contribution in [0.15, 0.2) is 29.6 Å². The van der Waals surface area contributed by atoms with E-state index in [0.717, 1.165) is 12.1 Å². The molecule has 104 valence electrons. The predicted molar refractivity (Wildman–Crippen MR) is 65.4 cm³/mol. The highest BCUT2D eigenvalue weighted by Gasteiger charge is 2.15. The molecule has 1 aromatic carbocycles. The normalized spacial score (nSPS) is 11.4. The Balaban J connectivity index is 2.26. The Morgan fingerprint density at radius 2 is 2.00 bits per heavy atom. The zero-order valence-electron chi connectivity index (χ0n) is 9.89. The molecule has 5 N–H and O–H groups in total. The van der Waals surface area contributed by atoms with Crippen molar-refractivity contribution in [1.29, 1.82) is 0 Å². The fourth-order valence-corrected chi connectivity index (χ4v) is 1.50. The third-order valence-electron chi connectivity index (χ3n) is 2.39. The molecule has 20 heavy (non-hydrogen) atoms. The lowest BCUT2D eigenvalue weighted by atomic mass is 10.2. The standard InChI is InChI=1S/C11H9F2N5O2/c12-6-1-5(2-7(13)3-6)11(19)16-10-8(4-15-17-10)9(14)18-20/h1-4,20H,(H2,14,18)(H2,15,16,17,19). The third-order valence-corrected chi connectivity index (χ3v) is 2.39. The van der Waals surface area contributed by atoms with Gasteiger partial charge in [0.2, 0.25) is 0 Å². The first-order valence-electron chi connectivity index (χ1n) is 5.30. The average molecular weight is 281 g/mol. The molecule has 0 aliphatic heterocycles. The van der Waals surface area contributed by atoms with Gasteiger partial charge in [-0.05, 0) is 12.1 Å². The molecule has 0 aliphatic carbocycles. The molecule has 2 aromatic rings. The SMILES string of the molecule is NC(=NO)c1cn[nH]c1NC(=O)c1cc(F)cc(F)c1. The first-order chi connectivity index (χ1) is 9.51. The Labute approximate surface area is 111 Å². The summed E-state index contributed by atoms with van der Waals surface area (Å²) in [6, 6.07) is 2.39. The molecule has 9 heteroatoms. The van der Waals surface area contributed by atoms with E-state index in [0.29, 0.717) is 6.07 Å². The number of nitrogens with zero attached hydrogens (tertiary/aromatic N) is 2. The molecular formula is C11H9F2N5O2. The second kappa shape index (κ2) is 5.34. The van der Waals surface area contributed by atoms with Gasteiger partial charge in [-0.25, -0.2) is 8.78 Å². The number of aromatic amines is 1. The van der Waals surface area contributed by atoms with Crippen LogP contribution in [0.5, 0.6) is 0 Å². The summed E-state index contributed by atoms with van der Waals surface area (Å²) < 4.78 is 26.0. The number of H-pyrrole nitrogens is 1. The highest BCUT2D eigenvalue weighted by Crippen LogP contribution is 2.14. The quantitative estimate of drug-likeness (QED) is 0.291. The summed E-state index contributed by atoms with van der Waals surface area (Å²) in [5.74, 6) is -2.78. The van der Waals surface area contributed by atoms with Gasteiger partial charge < -0.3 is 16.3 Å². The molecule has 7 nitrogen and oxygen atoms in total. The van der Waals surface area contributed by atoms with Gasteiger partial charge >= 0.3 is 0 Å². The Morgan fingerprint density at radius 1 is 1.35 bits per heavy atom. The number of rotatable bonds is 3. The van der Waals surface area contributed by atoms with E-state index in [2.05, 4.69) is 20.7 Å². The summed E-state index contributed by atoms with van der Waals surface area (Å²) in [6.45, 7) is 0. The number of hydrogen-bond donors (Lipinski definition) is 4. The summed E-state index contributed by atoms with van der Waals surface area (Å²) in [5.41, 5.74) is 5.29. The summed E-state index contributed by atoms with van der Waals surface area (Å²) in [7, 11) is 0. The van der Waals surface area contributed by atoms with Crippen molar-refractivity contribution in [3.05, 3.63) is 47.2 Å². The number of hydrogen-bond acceptors (Lipinski definition) is 4. The monoisotopic (exact) mass is 281 g/mol. The molecule has 1 aromatic heterocycles. The van der Waals surface area contributed by atoms with Crippen molar-refractivity contribution in [2.75, 3.05) is 5.32 Å². The fraction of sp³-hybridized carbons (Fsp3) is 0. The largest absolute Gasteiger partial charge is 0.409 e. The van der Waals surface area contributed by atoms with Crippen LogP contribution in [-0.4, -0.2) is 27.1 Å². The fourth-order valence-electron chi connectivity index (χ4n) is 1.50. The first-order valence-corrected chi connectivity index (χ1v) is 5.30. The lowest BCUT2D eigenvalue weighted by Gasteiger charge is -2.05. The number of halogens is 2. The molecule has 0 bridgehead atoms. The number of amides is 1. The molecule has 0 spiro atoms. The van der Waals surface area contributed by atoms with E-state index in [1.54, 1.807) is 0 Å². The van der Waals surface area contributed by atoms with E-state index in [1.807, 2.05) is 0 Å². The molecule has 2 rings (SSSR count). The van der Waals surface area contributed by atoms with Gasteiger partial charge in [-0.15, -0.1) is 0 Å². The van der Waals surface area contributed by atoms with Crippen LogP contribution >= 0.6 is 0 Å². The minimum atomic E-state index is -0.878. The van der Waals surface area contributed by atoms with Crippen molar-refractivity contribution < 1.29 is 18.8 Å². The molecule has 0 saturated carbocycles. The van der Waals surface area contributed by atoms with E-state index < -0.39 is 17.5 Å². The highest BCUT2D eigenvalue weighted by molar-refractivity contribution is 6.08. The molecule has 0 unspecified atom stereocenters. The van der Waals surface area contributed by atoms with E-state index >= 15 is 0 Å². The van der Waals surface area contributed by atoms with Gasteiger partial charge in [-0.1, -0.05) is 5.16 Å². The van der Waals surface area contributed by atoms with Crippen LogP contribution in [0.1, 0.15) is 15.9 Å². The maximum absolute atomic E-state index is 13.0. The van der Waals surface area contributed by atoms with Gasteiger partial charge in [0.05, 0.1) is 11.8 Å². The second-order valence-electron chi connectivity index (χ2n) is 3.76. The van der Waals surface area contributed by atoms with Crippen LogP contribution in [0.3, 0.4) is 0 Å². The summed E-state index contributed by atoms with van der Waals surface area (Å²) in [6.07, 6.45) is 1.22. The van der Waals surface area contributed by atoms with Crippen LogP contribution in [0.4, 0.5) is 14.6 Å². The van der Waals surface area contributed by atoms with Crippen molar-refractivity contribution >= 4 is 17.6 Å². The topological polar surface area (TPSA) is 116 Å². The van der Waals surface area contributed by atoms with Gasteiger partial charge in [0.15, 0.2) is 5.84 Å². The number of carbonyl (C=O) groups is 1. The number of anilines is 1. The minimum Gasteiger partial charge on any atom is -0.409 e. The smallest absolute Gasteiger partial charge is 0.257 e. The van der Waals surface area contributed by atoms with Crippen molar-refractivity contribution in [2.45, 2.75) is 0 Å². The number of amidine groups is 1. The number of carbonyl (C=O) groups excluding carboxylic acids is 1. The molecule has 0 saturated heterocycles. The second-order valence-corrected chi connectivity index (χ2v) is 3.76. The van der Waals surface area contributed by atoms with Gasteiger partial charge in [-0.2, -0.15) is 5.10 Å². The Hall–Kier alpha value is -2.97. The molecular weight excluding hydrogens is 272 g/mol. The number of nitrogens with one attached hydrogen (secondary N) is 2. The third kappa shape index (κ3) is 2.71. The lowest BCUT2D eigenvalue weighted by Crippen LogP contribution is -2.18. The summed E-state index contributed by atoms with van der Waals surface area (Å²) in [5, 5.41) is 19.7. The van der Waals surface area contributed by atoms with Crippen molar-refractivity contribution in [1.82, 2.24) is 10.2 Å².